The van der Waals surface area contributed by atoms with Crippen LogP contribution in [0.4, 0.5) is 5.69 Å². The summed E-state index contributed by atoms with van der Waals surface area (Å²) in [5.74, 6) is -0.502. The Morgan fingerprint density at radius 2 is 1.61 bits per heavy atom. The highest BCUT2D eigenvalue weighted by molar-refractivity contribution is 6.45. The van der Waals surface area contributed by atoms with Gasteiger partial charge in [0.25, 0.3) is 11.8 Å². The molecule has 2 aromatic rings. The van der Waals surface area contributed by atoms with Crippen LogP contribution >= 0.6 is 0 Å². The van der Waals surface area contributed by atoms with Gasteiger partial charge >= 0.3 is 0 Å². The van der Waals surface area contributed by atoms with Gasteiger partial charge in [-0.15, -0.1) is 0 Å². The van der Waals surface area contributed by atoms with Gasteiger partial charge in [-0.05, 0) is 61.1 Å². The van der Waals surface area contributed by atoms with Gasteiger partial charge in [0.1, 0.15) is 5.70 Å². The molecule has 2 heterocycles. The fourth-order valence-corrected chi connectivity index (χ4v) is 4.18. The lowest BCUT2D eigenvalue weighted by Crippen LogP contribution is -2.40. The van der Waals surface area contributed by atoms with Crippen LogP contribution in [0.15, 0.2) is 48.2 Å². The van der Waals surface area contributed by atoms with Gasteiger partial charge in [-0.3, -0.25) is 9.59 Å². The van der Waals surface area contributed by atoms with E-state index >= 15 is 0 Å². The smallest absolute Gasteiger partial charge is 0.282 e. The van der Waals surface area contributed by atoms with E-state index in [0.717, 1.165) is 36.0 Å². The summed E-state index contributed by atoms with van der Waals surface area (Å²) in [4.78, 5) is 30.5. The van der Waals surface area contributed by atoms with Crippen molar-refractivity contribution in [2.45, 2.75) is 40.0 Å². The van der Waals surface area contributed by atoms with E-state index in [1.54, 1.807) is 0 Å². The molecule has 31 heavy (non-hydrogen) atoms. The molecule has 0 aromatic heterocycles. The molecular weight excluding hydrogens is 388 g/mol. The standard InChI is InChI=1S/C26H30N2O3/c1-4-5-6-20-8-11-22(12-9-20)28-25(29)23(21-10-7-18(2)19(3)17-21)24(26(28)30)27-13-15-31-16-14-27/h7-12,17H,4-6,13-16H2,1-3H3. The Morgan fingerprint density at radius 1 is 0.903 bits per heavy atom. The summed E-state index contributed by atoms with van der Waals surface area (Å²) < 4.78 is 5.48. The average molecular weight is 419 g/mol. The number of amides is 2. The van der Waals surface area contributed by atoms with E-state index in [-0.39, 0.29) is 11.8 Å². The van der Waals surface area contributed by atoms with Crippen LogP contribution in [0.25, 0.3) is 5.57 Å². The van der Waals surface area contributed by atoms with Gasteiger partial charge in [0.15, 0.2) is 0 Å². The largest absolute Gasteiger partial charge is 0.378 e. The minimum absolute atomic E-state index is 0.249. The molecule has 0 aliphatic carbocycles. The van der Waals surface area contributed by atoms with E-state index in [1.807, 2.05) is 61.2 Å². The third-order valence-electron chi connectivity index (χ3n) is 6.20. The molecule has 2 amide bonds. The molecule has 5 nitrogen and oxygen atoms in total. The zero-order valence-corrected chi connectivity index (χ0v) is 18.6. The normalized spacial score (nSPS) is 17.1. The number of ether oxygens (including phenoxy) is 1. The lowest BCUT2D eigenvalue weighted by atomic mass is 9.99. The van der Waals surface area contributed by atoms with Gasteiger partial charge in [-0.1, -0.05) is 43.7 Å². The number of morpholine rings is 1. The molecule has 0 bridgehead atoms. The van der Waals surface area contributed by atoms with Gasteiger partial charge in [0.2, 0.25) is 0 Å². The summed E-state index contributed by atoms with van der Waals surface area (Å²) in [6.45, 7) is 8.56. The summed E-state index contributed by atoms with van der Waals surface area (Å²) >= 11 is 0. The zero-order chi connectivity index (χ0) is 22.0. The van der Waals surface area contributed by atoms with E-state index in [0.29, 0.717) is 43.3 Å². The molecule has 2 aliphatic heterocycles. The molecule has 1 fully saturated rings. The number of imide groups is 1. The lowest BCUT2D eigenvalue weighted by Gasteiger charge is -2.29. The van der Waals surface area contributed by atoms with Crippen LogP contribution < -0.4 is 4.90 Å². The Hall–Kier alpha value is -2.92. The lowest BCUT2D eigenvalue weighted by molar-refractivity contribution is -0.121. The molecule has 0 saturated carbocycles. The Balaban J connectivity index is 1.74. The number of carbonyl (C=O) groups is 2. The molecule has 2 aromatic carbocycles. The summed E-state index contributed by atoms with van der Waals surface area (Å²) in [6.07, 6.45) is 3.27. The van der Waals surface area contributed by atoms with Crippen LogP contribution in [-0.4, -0.2) is 43.0 Å². The summed E-state index contributed by atoms with van der Waals surface area (Å²) in [7, 11) is 0. The predicted octanol–water partition coefficient (Wildman–Crippen LogP) is 4.26. The fourth-order valence-electron chi connectivity index (χ4n) is 4.18. The molecule has 0 spiro atoms. The highest BCUT2D eigenvalue weighted by atomic mass is 16.5. The van der Waals surface area contributed by atoms with Gasteiger partial charge in [0.05, 0.1) is 24.5 Å². The van der Waals surface area contributed by atoms with Crippen LogP contribution in [0.5, 0.6) is 0 Å². The number of nitrogens with zero attached hydrogens (tertiary/aromatic N) is 2. The minimum Gasteiger partial charge on any atom is -0.378 e. The number of anilines is 1. The quantitative estimate of drug-likeness (QED) is 0.658. The van der Waals surface area contributed by atoms with Crippen LogP contribution in [0, 0.1) is 13.8 Å². The van der Waals surface area contributed by atoms with E-state index in [1.165, 1.54) is 10.5 Å². The van der Waals surface area contributed by atoms with Gasteiger partial charge in [0, 0.05) is 13.1 Å². The Kier molecular flexibility index (Phi) is 6.23. The number of hydrogen-bond acceptors (Lipinski definition) is 4. The molecule has 5 heteroatoms. The van der Waals surface area contributed by atoms with Crippen molar-refractivity contribution in [3.63, 3.8) is 0 Å². The Morgan fingerprint density at radius 3 is 2.26 bits per heavy atom. The van der Waals surface area contributed by atoms with Crippen molar-refractivity contribution >= 4 is 23.1 Å². The fraction of sp³-hybridized carbons (Fsp3) is 0.385. The zero-order valence-electron chi connectivity index (χ0n) is 18.6. The van der Waals surface area contributed by atoms with Crippen molar-refractivity contribution in [3.8, 4) is 0 Å². The maximum absolute atomic E-state index is 13.6. The molecule has 4 rings (SSSR count). The molecule has 1 saturated heterocycles. The van der Waals surface area contributed by atoms with Crippen molar-refractivity contribution in [3.05, 3.63) is 70.4 Å². The highest BCUT2D eigenvalue weighted by Crippen LogP contribution is 2.35. The average Bonchev–Trinajstić information content (AvgIpc) is 3.05. The minimum atomic E-state index is -0.254. The van der Waals surface area contributed by atoms with Crippen LogP contribution in [-0.2, 0) is 20.7 Å². The first kappa shape index (κ1) is 21.3. The monoisotopic (exact) mass is 418 g/mol. The first-order chi connectivity index (χ1) is 15.0. The second kappa shape index (κ2) is 9.06. The van der Waals surface area contributed by atoms with Crippen molar-refractivity contribution in [2.75, 3.05) is 31.2 Å². The first-order valence-corrected chi connectivity index (χ1v) is 11.1. The van der Waals surface area contributed by atoms with Crippen molar-refractivity contribution in [1.82, 2.24) is 4.90 Å². The Bertz CT molecular complexity index is 1020. The predicted molar refractivity (Wildman–Crippen MR) is 123 cm³/mol. The molecular formula is C26H30N2O3. The SMILES string of the molecule is CCCCc1ccc(N2C(=O)C(c3ccc(C)c(C)c3)=C(N3CCOCC3)C2=O)cc1. The molecule has 0 N–H and O–H groups in total. The second-order valence-electron chi connectivity index (χ2n) is 8.34. The number of hydrogen-bond donors (Lipinski definition) is 0. The van der Waals surface area contributed by atoms with Crippen LogP contribution in [0.1, 0.15) is 42.0 Å². The summed E-state index contributed by atoms with van der Waals surface area (Å²) in [5, 5.41) is 0. The number of unbranched alkanes of at least 4 members (excludes halogenated alkanes) is 1. The van der Waals surface area contributed by atoms with Crippen molar-refractivity contribution < 1.29 is 14.3 Å². The maximum atomic E-state index is 13.6. The van der Waals surface area contributed by atoms with Gasteiger partial charge < -0.3 is 9.64 Å². The van der Waals surface area contributed by atoms with Crippen molar-refractivity contribution in [2.24, 2.45) is 0 Å². The second-order valence-corrected chi connectivity index (χ2v) is 8.34. The van der Waals surface area contributed by atoms with Gasteiger partial charge in [-0.2, -0.15) is 0 Å². The topological polar surface area (TPSA) is 49.9 Å². The summed E-state index contributed by atoms with van der Waals surface area (Å²) in [6, 6.07) is 13.8. The molecule has 0 radical (unpaired) electrons. The summed E-state index contributed by atoms with van der Waals surface area (Å²) in [5.41, 5.74) is 5.89. The molecule has 162 valence electrons. The van der Waals surface area contributed by atoms with E-state index in [2.05, 4.69) is 6.92 Å². The van der Waals surface area contributed by atoms with Gasteiger partial charge in [-0.25, -0.2) is 4.90 Å². The van der Waals surface area contributed by atoms with Crippen molar-refractivity contribution in [1.29, 1.82) is 0 Å². The number of benzene rings is 2. The third kappa shape index (κ3) is 4.15. The van der Waals surface area contributed by atoms with E-state index < -0.39 is 0 Å². The molecule has 0 atom stereocenters. The third-order valence-corrected chi connectivity index (χ3v) is 6.20. The van der Waals surface area contributed by atoms with Crippen LogP contribution in [0.3, 0.4) is 0 Å². The number of aryl methyl sites for hydroxylation is 3. The number of carbonyl (C=O) groups excluding carboxylic acids is 2. The Labute approximate surface area is 184 Å². The van der Waals surface area contributed by atoms with E-state index in [9.17, 15) is 9.59 Å². The maximum Gasteiger partial charge on any atom is 0.282 e. The highest BCUT2D eigenvalue weighted by Gasteiger charge is 2.42. The number of rotatable bonds is 6. The van der Waals surface area contributed by atoms with E-state index in [4.69, 9.17) is 4.74 Å². The first-order valence-electron chi connectivity index (χ1n) is 11.1. The van der Waals surface area contributed by atoms with Crippen LogP contribution in [0.2, 0.25) is 0 Å². The molecule has 2 aliphatic rings. The molecule has 0 unspecified atom stereocenters.